The van der Waals surface area contributed by atoms with E-state index in [2.05, 4.69) is 19.2 Å². The van der Waals surface area contributed by atoms with Gasteiger partial charge in [0.2, 0.25) is 0 Å². The zero-order valence-corrected chi connectivity index (χ0v) is 7.14. The Balaban J connectivity index is 0. The molecule has 0 saturated heterocycles. The van der Waals surface area contributed by atoms with Gasteiger partial charge in [0.25, 0.3) is 0 Å². The molecule has 1 N–H and O–H groups in total. The van der Waals surface area contributed by atoms with Crippen molar-refractivity contribution >= 4 is 11.8 Å². The molecule has 2 heteroatoms. The number of rotatable bonds is 2. The van der Waals surface area contributed by atoms with E-state index in [1.165, 1.54) is 11.5 Å². The quantitative estimate of drug-likeness (QED) is 0.617. The smallest absolute Gasteiger partial charge is 0.00961 e. The molecule has 0 heterocycles. The molecule has 0 radical (unpaired) electrons. The van der Waals surface area contributed by atoms with Crippen molar-refractivity contribution in [2.24, 2.45) is 0 Å². The molecule has 0 aromatic heterocycles. The number of nitrogens with one attached hydrogen (secondary N) is 1. The minimum absolute atomic E-state index is 1.26. The summed E-state index contributed by atoms with van der Waals surface area (Å²) in [6.45, 7) is 4.35. The lowest BCUT2D eigenvalue weighted by Gasteiger charge is -1.80. The monoisotopic (exact) mass is 135 g/mol. The van der Waals surface area contributed by atoms with E-state index in [4.69, 9.17) is 0 Å². The molecule has 0 aliphatic carbocycles. The fourth-order valence-electron chi connectivity index (χ4n) is 0.204. The average molecular weight is 135 g/mol. The Kier molecular flexibility index (Phi) is 21.8. The van der Waals surface area contributed by atoms with Crippen LogP contribution >= 0.6 is 11.8 Å². The highest BCUT2D eigenvalue weighted by molar-refractivity contribution is 7.99. The van der Waals surface area contributed by atoms with Crippen molar-refractivity contribution in [3.63, 3.8) is 0 Å². The van der Waals surface area contributed by atoms with Gasteiger partial charge in [-0.25, -0.2) is 0 Å². The lowest BCUT2D eigenvalue weighted by atomic mass is 11.0. The van der Waals surface area contributed by atoms with Crippen molar-refractivity contribution in [3.8, 4) is 0 Å². The summed E-state index contributed by atoms with van der Waals surface area (Å²) >= 11 is 1.96. The van der Waals surface area contributed by atoms with Crippen molar-refractivity contribution in [2.75, 3.05) is 25.6 Å². The van der Waals surface area contributed by atoms with Gasteiger partial charge in [-0.2, -0.15) is 11.8 Å². The van der Waals surface area contributed by atoms with Gasteiger partial charge in [-0.15, -0.1) is 0 Å². The van der Waals surface area contributed by atoms with Crippen LogP contribution in [-0.2, 0) is 0 Å². The molecule has 0 aliphatic rings. The van der Waals surface area contributed by atoms with Gasteiger partial charge in [0, 0.05) is 0 Å². The summed E-state index contributed by atoms with van der Waals surface area (Å²) in [4.78, 5) is 0. The maximum atomic E-state index is 2.75. The molecule has 52 valence electrons. The van der Waals surface area contributed by atoms with Gasteiger partial charge in [-0.05, 0) is 25.6 Å². The van der Waals surface area contributed by atoms with E-state index in [1.807, 2.05) is 25.9 Å². The molecule has 0 spiro atoms. The van der Waals surface area contributed by atoms with Gasteiger partial charge in [0.05, 0.1) is 0 Å². The molecule has 0 aromatic rings. The molecule has 0 unspecified atom stereocenters. The van der Waals surface area contributed by atoms with Crippen LogP contribution in [-0.4, -0.2) is 25.6 Å². The molecule has 0 aliphatic heterocycles. The molecule has 0 aromatic carbocycles. The van der Waals surface area contributed by atoms with Crippen LogP contribution in [0, 0.1) is 0 Å². The maximum Gasteiger partial charge on any atom is -0.00961 e. The van der Waals surface area contributed by atoms with Crippen LogP contribution < -0.4 is 5.32 Å². The molecule has 0 amide bonds. The molecular weight excluding hydrogens is 118 g/mol. The Bertz CT molecular complexity index is 22.5. The lowest BCUT2D eigenvalue weighted by molar-refractivity contribution is 1.02. The van der Waals surface area contributed by atoms with Gasteiger partial charge < -0.3 is 5.32 Å². The van der Waals surface area contributed by atoms with E-state index in [1.54, 1.807) is 0 Å². The van der Waals surface area contributed by atoms with Crippen molar-refractivity contribution in [1.82, 2.24) is 5.32 Å². The molecule has 1 nitrogen and oxygen atoms in total. The second kappa shape index (κ2) is 15.7. The topological polar surface area (TPSA) is 12.0 Å². The predicted molar refractivity (Wildman–Crippen MR) is 43.7 cm³/mol. The fraction of sp³-hybridized carbons (Fsp3) is 1.00. The van der Waals surface area contributed by atoms with Gasteiger partial charge in [-0.1, -0.05) is 13.8 Å². The highest BCUT2D eigenvalue weighted by Gasteiger charge is 1.67. The number of thioether (sulfide) groups is 1. The summed E-state index contributed by atoms with van der Waals surface area (Å²) in [6.07, 6.45) is 0. The Labute approximate surface area is 57.2 Å². The first-order valence-electron chi connectivity index (χ1n) is 2.99. The highest BCUT2D eigenvalue weighted by atomic mass is 32.2. The first-order valence-corrected chi connectivity index (χ1v) is 4.15. The first kappa shape index (κ1) is 11.2. The van der Waals surface area contributed by atoms with Crippen LogP contribution in [0.25, 0.3) is 0 Å². The second-order valence-corrected chi connectivity index (χ2v) is 2.84. The van der Waals surface area contributed by atoms with Gasteiger partial charge in [0.1, 0.15) is 0 Å². The van der Waals surface area contributed by atoms with Gasteiger partial charge >= 0.3 is 0 Å². The standard InChI is InChI=1S/C4H10S.C2H7N/c1-3-5-4-2;1-3-2/h3-4H2,1-2H3;3H,1-2H3. The second-order valence-electron chi connectivity index (χ2n) is 1.28. The van der Waals surface area contributed by atoms with Crippen LogP contribution in [0.5, 0.6) is 0 Å². The Morgan fingerprint density at radius 2 is 1.38 bits per heavy atom. The predicted octanol–water partition coefficient (Wildman–Crippen LogP) is 1.59. The average Bonchev–Trinajstić information content (AvgIpc) is 1.71. The van der Waals surface area contributed by atoms with Crippen LogP contribution in [0.4, 0.5) is 0 Å². The maximum absolute atomic E-state index is 2.75. The molecular formula is C6H17NS. The van der Waals surface area contributed by atoms with E-state index in [0.717, 1.165) is 0 Å². The number of hydrogen-bond acceptors (Lipinski definition) is 2. The Hall–Kier alpha value is 0.310. The summed E-state index contributed by atoms with van der Waals surface area (Å²) in [5, 5.41) is 2.75. The largest absolute Gasteiger partial charge is 0.323 e. The third-order valence-electron chi connectivity index (χ3n) is 0.408. The van der Waals surface area contributed by atoms with Gasteiger partial charge in [-0.3, -0.25) is 0 Å². The van der Waals surface area contributed by atoms with E-state index < -0.39 is 0 Å². The van der Waals surface area contributed by atoms with Crippen molar-refractivity contribution in [2.45, 2.75) is 13.8 Å². The van der Waals surface area contributed by atoms with Crippen LogP contribution in [0.1, 0.15) is 13.8 Å². The SMILES string of the molecule is CCSCC.CNC. The molecule has 0 atom stereocenters. The van der Waals surface area contributed by atoms with Crippen LogP contribution in [0.3, 0.4) is 0 Å². The van der Waals surface area contributed by atoms with E-state index in [-0.39, 0.29) is 0 Å². The van der Waals surface area contributed by atoms with E-state index in [9.17, 15) is 0 Å². The van der Waals surface area contributed by atoms with Crippen LogP contribution in [0.15, 0.2) is 0 Å². The summed E-state index contributed by atoms with van der Waals surface area (Å²) in [7, 11) is 3.75. The summed E-state index contributed by atoms with van der Waals surface area (Å²) in [5.74, 6) is 2.52. The number of hydrogen-bond donors (Lipinski definition) is 1. The summed E-state index contributed by atoms with van der Waals surface area (Å²) in [6, 6.07) is 0. The Morgan fingerprint density at radius 3 is 1.38 bits per heavy atom. The first-order chi connectivity index (χ1) is 3.83. The zero-order chi connectivity index (χ0) is 6.83. The molecule has 0 bridgehead atoms. The minimum Gasteiger partial charge on any atom is -0.323 e. The lowest BCUT2D eigenvalue weighted by Crippen LogP contribution is -1.89. The van der Waals surface area contributed by atoms with Crippen LogP contribution in [0.2, 0.25) is 0 Å². The molecule has 0 fully saturated rings. The highest BCUT2D eigenvalue weighted by Crippen LogP contribution is 1.93. The third kappa shape index (κ3) is 33.3. The van der Waals surface area contributed by atoms with Crippen molar-refractivity contribution in [3.05, 3.63) is 0 Å². The fourth-order valence-corrected chi connectivity index (χ4v) is 0.612. The minimum atomic E-state index is 1.26. The van der Waals surface area contributed by atoms with E-state index in [0.29, 0.717) is 0 Å². The normalized spacial score (nSPS) is 7.50. The molecule has 0 rings (SSSR count). The molecule has 8 heavy (non-hydrogen) atoms. The Morgan fingerprint density at radius 1 is 1.12 bits per heavy atom. The molecule has 0 saturated carbocycles. The summed E-state index contributed by atoms with van der Waals surface area (Å²) in [5.41, 5.74) is 0. The summed E-state index contributed by atoms with van der Waals surface area (Å²) < 4.78 is 0. The van der Waals surface area contributed by atoms with Crippen molar-refractivity contribution in [1.29, 1.82) is 0 Å². The third-order valence-corrected chi connectivity index (χ3v) is 1.22. The zero-order valence-electron chi connectivity index (χ0n) is 6.32. The van der Waals surface area contributed by atoms with Crippen molar-refractivity contribution < 1.29 is 0 Å². The van der Waals surface area contributed by atoms with E-state index >= 15 is 0 Å². The van der Waals surface area contributed by atoms with Gasteiger partial charge in [0.15, 0.2) is 0 Å².